The maximum atomic E-state index is 2.32. The molecule has 186 valence electrons. The lowest BCUT2D eigenvalue weighted by atomic mass is 10.1. The van der Waals surface area contributed by atoms with Crippen molar-refractivity contribution in [3.8, 4) is 0 Å². The second-order valence-electron chi connectivity index (χ2n) is 10.7. The first kappa shape index (κ1) is 31.5. The Bertz CT molecular complexity index is 253. The van der Waals surface area contributed by atoms with E-state index in [1.165, 1.54) is 135 Å². The molecule has 0 saturated carbocycles. The van der Waals surface area contributed by atoms with Crippen LogP contribution >= 0.6 is 0 Å². The van der Waals surface area contributed by atoms with E-state index in [9.17, 15) is 0 Å². The monoisotopic (exact) mass is 450 g/mol. The van der Waals surface area contributed by atoms with E-state index in [1.54, 1.807) is 35.1 Å². The fraction of sp³-hybridized carbons (Fsp3) is 1.00. The summed E-state index contributed by atoms with van der Waals surface area (Å²) in [4.78, 5) is 0. The normalized spacial score (nSPS) is 11.3. The summed E-state index contributed by atoms with van der Waals surface area (Å²) in [5.74, 6) is 0. The minimum Gasteiger partial charge on any atom is -0.0939 e. The molecule has 31 heavy (non-hydrogen) atoms. The minimum absolute atomic E-state index is 0.444. The van der Waals surface area contributed by atoms with Gasteiger partial charge in [-0.1, -0.05) is 191 Å². The first-order chi connectivity index (χ1) is 15.3. The summed E-state index contributed by atoms with van der Waals surface area (Å²) in [6, 6.07) is 0. The molecule has 0 aliphatic heterocycles. The largest absolute Gasteiger partial charge is 0.261 e. The third-order valence-electron chi connectivity index (χ3n) is 7.40. The standard InChI is InChI=1S/3C10H21.Al/c3*1-3-5-7-9-10-8-6-4-2;/h3*1,3-10H2,2H3;. The smallest absolute Gasteiger partial charge is 0.0939 e. The quantitative estimate of drug-likeness (QED) is 0.0861. The van der Waals surface area contributed by atoms with Crippen LogP contribution in [0.25, 0.3) is 0 Å². The Labute approximate surface area is 204 Å². The summed E-state index contributed by atoms with van der Waals surface area (Å²) in [5, 5.41) is 5.01. The Hall–Kier alpha value is 0.532. The topological polar surface area (TPSA) is 0 Å². The molecule has 0 bridgehead atoms. The predicted molar refractivity (Wildman–Crippen MR) is 148 cm³/mol. The molecule has 0 aromatic rings. The van der Waals surface area contributed by atoms with Gasteiger partial charge in [-0.3, -0.25) is 0 Å². The summed E-state index contributed by atoms with van der Waals surface area (Å²) < 4.78 is 0. The molecule has 0 aliphatic carbocycles. The van der Waals surface area contributed by atoms with Crippen LogP contribution in [0.2, 0.25) is 15.8 Å². The summed E-state index contributed by atoms with van der Waals surface area (Å²) in [5.41, 5.74) is 0. The highest BCUT2D eigenvalue weighted by Crippen LogP contribution is 2.21. The molecule has 1 heteroatoms. The number of hydrogen-bond donors (Lipinski definition) is 0. The van der Waals surface area contributed by atoms with Gasteiger partial charge in [0.25, 0.3) is 14.1 Å². The Balaban J connectivity index is 3.82. The van der Waals surface area contributed by atoms with Gasteiger partial charge >= 0.3 is 0 Å². The van der Waals surface area contributed by atoms with Crippen molar-refractivity contribution in [3.63, 3.8) is 0 Å². The zero-order chi connectivity index (χ0) is 22.7. The molecular weight excluding hydrogens is 387 g/mol. The van der Waals surface area contributed by atoms with Gasteiger partial charge in [-0.2, -0.15) is 0 Å². The van der Waals surface area contributed by atoms with Crippen molar-refractivity contribution < 1.29 is 0 Å². The van der Waals surface area contributed by atoms with Crippen LogP contribution in [0, 0.1) is 0 Å². The highest BCUT2D eigenvalue weighted by atomic mass is 27.2. The van der Waals surface area contributed by atoms with Crippen molar-refractivity contribution >= 4 is 14.1 Å². The van der Waals surface area contributed by atoms with Crippen molar-refractivity contribution in [3.05, 3.63) is 0 Å². The molecule has 0 aliphatic rings. The number of hydrogen-bond acceptors (Lipinski definition) is 0. The SMILES string of the molecule is CCCCCCCCC[CH2][Al]([CH2]CCCCCCCCC)[CH2]CCCCCCCCC. The second kappa shape index (κ2) is 28.6. The van der Waals surface area contributed by atoms with E-state index in [0.29, 0.717) is 0 Å². The lowest BCUT2D eigenvalue weighted by molar-refractivity contribution is 0.577. The Morgan fingerprint density at radius 3 is 0.677 bits per heavy atom. The molecule has 0 saturated heterocycles. The van der Waals surface area contributed by atoms with Gasteiger partial charge in [0.2, 0.25) is 0 Å². The molecule has 0 N–H and O–H groups in total. The maximum Gasteiger partial charge on any atom is 0.261 e. The van der Waals surface area contributed by atoms with E-state index in [1.807, 2.05) is 0 Å². The summed E-state index contributed by atoms with van der Waals surface area (Å²) in [6.45, 7) is 6.97. The van der Waals surface area contributed by atoms with Crippen molar-refractivity contribution in [2.24, 2.45) is 0 Å². The van der Waals surface area contributed by atoms with Gasteiger partial charge < -0.3 is 0 Å². The van der Waals surface area contributed by atoms with E-state index >= 15 is 0 Å². The highest BCUT2D eigenvalue weighted by molar-refractivity contribution is 6.58. The lowest BCUT2D eigenvalue weighted by Crippen LogP contribution is -2.12. The van der Waals surface area contributed by atoms with E-state index < -0.39 is 14.1 Å². The van der Waals surface area contributed by atoms with Gasteiger partial charge in [0, 0.05) is 0 Å². The third-order valence-corrected chi connectivity index (χ3v) is 11.1. The zero-order valence-corrected chi connectivity index (χ0v) is 23.8. The first-order valence-electron chi connectivity index (χ1n) is 15.3. The average molecular weight is 451 g/mol. The lowest BCUT2D eigenvalue weighted by Gasteiger charge is -2.12. The van der Waals surface area contributed by atoms with Gasteiger partial charge in [0.1, 0.15) is 0 Å². The zero-order valence-electron chi connectivity index (χ0n) is 22.7. The van der Waals surface area contributed by atoms with Gasteiger partial charge in [0.15, 0.2) is 0 Å². The van der Waals surface area contributed by atoms with Crippen LogP contribution < -0.4 is 0 Å². The molecule has 0 rings (SSSR count). The molecule has 0 spiro atoms. The van der Waals surface area contributed by atoms with Crippen molar-refractivity contribution in [1.82, 2.24) is 0 Å². The van der Waals surface area contributed by atoms with Crippen LogP contribution in [0.3, 0.4) is 0 Å². The predicted octanol–water partition coefficient (Wildman–Crippen LogP) is 11.9. The van der Waals surface area contributed by atoms with Crippen molar-refractivity contribution in [2.75, 3.05) is 0 Å². The van der Waals surface area contributed by atoms with Crippen LogP contribution in [-0.4, -0.2) is 14.1 Å². The first-order valence-corrected chi connectivity index (χ1v) is 17.8. The maximum absolute atomic E-state index is 2.32. The van der Waals surface area contributed by atoms with Gasteiger partial charge in [-0.05, 0) is 0 Å². The summed E-state index contributed by atoms with van der Waals surface area (Å²) in [6.07, 6.45) is 35.7. The van der Waals surface area contributed by atoms with Crippen LogP contribution in [0.5, 0.6) is 0 Å². The molecule has 0 unspecified atom stereocenters. The van der Waals surface area contributed by atoms with Crippen molar-refractivity contribution in [2.45, 2.75) is 191 Å². The molecular formula is C30H63Al. The molecule has 0 amide bonds. The Morgan fingerprint density at radius 2 is 0.452 bits per heavy atom. The Kier molecular flexibility index (Phi) is 29.1. The second-order valence-corrected chi connectivity index (χ2v) is 14.1. The number of rotatable bonds is 27. The summed E-state index contributed by atoms with van der Waals surface area (Å²) >= 11 is -0.444. The molecule has 0 aromatic heterocycles. The van der Waals surface area contributed by atoms with Gasteiger partial charge in [-0.25, -0.2) is 0 Å². The van der Waals surface area contributed by atoms with Crippen molar-refractivity contribution in [1.29, 1.82) is 0 Å². The molecule has 0 fully saturated rings. The van der Waals surface area contributed by atoms with Crippen LogP contribution in [0.4, 0.5) is 0 Å². The summed E-state index contributed by atoms with van der Waals surface area (Å²) in [7, 11) is 0. The number of unbranched alkanes of at least 4 members (excludes halogenated alkanes) is 21. The van der Waals surface area contributed by atoms with Crippen LogP contribution in [0.15, 0.2) is 0 Å². The molecule has 0 radical (unpaired) electrons. The molecule has 0 nitrogen and oxygen atoms in total. The van der Waals surface area contributed by atoms with Crippen LogP contribution in [0.1, 0.15) is 175 Å². The van der Waals surface area contributed by atoms with Crippen LogP contribution in [-0.2, 0) is 0 Å². The third kappa shape index (κ3) is 26.7. The average Bonchev–Trinajstić information content (AvgIpc) is 2.78. The van der Waals surface area contributed by atoms with E-state index in [-0.39, 0.29) is 0 Å². The van der Waals surface area contributed by atoms with Gasteiger partial charge in [-0.15, -0.1) is 0 Å². The highest BCUT2D eigenvalue weighted by Gasteiger charge is 2.15. The fourth-order valence-electron chi connectivity index (χ4n) is 5.13. The Morgan fingerprint density at radius 1 is 0.258 bits per heavy atom. The molecule has 0 atom stereocenters. The molecule has 0 aromatic carbocycles. The van der Waals surface area contributed by atoms with E-state index in [4.69, 9.17) is 0 Å². The molecule has 0 heterocycles. The van der Waals surface area contributed by atoms with Gasteiger partial charge in [0.05, 0.1) is 0 Å². The van der Waals surface area contributed by atoms with E-state index in [0.717, 1.165) is 0 Å². The fourth-order valence-corrected chi connectivity index (χ4v) is 8.60. The van der Waals surface area contributed by atoms with E-state index in [2.05, 4.69) is 20.8 Å². The minimum atomic E-state index is -0.444.